The molecule has 3 rings (SSSR count). The lowest BCUT2D eigenvalue weighted by atomic mass is 10.2. The minimum atomic E-state index is -3.04. The topological polar surface area (TPSA) is 88.3 Å². The van der Waals surface area contributed by atoms with Crippen LogP contribution < -0.4 is 10.1 Å². The highest BCUT2D eigenvalue weighted by Crippen LogP contribution is 2.22. The van der Waals surface area contributed by atoms with Gasteiger partial charge in [-0.15, -0.1) is 0 Å². The van der Waals surface area contributed by atoms with Crippen LogP contribution in [0.25, 0.3) is 10.9 Å². The van der Waals surface area contributed by atoms with Gasteiger partial charge in [0, 0.05) is 17.4 Å². The number of methoxy groups -OCH3 is 1. The maximum absolute atomic E-state index is 12.2. The molecule has 1 unspecified atom stereocenters. The number of ether oxygens (including phenoxy) is 1. The lowest BCUT2D eigenvalue weighted by Gasteiger charge is -2.09. The van der Waals surface area contributed by atoms with Gasteiger partial charge in [-0.05, 0) is 37.1 Å². The predicted octanol–water partition coefficient (Wildman–Crippen LogP) is 1.48. The van der Waals surface area contributed by atoms with Crippen LogP contribution in [0, 0.1) is 0 Å². The first-order chi connectivity index (χ1) is 10.5. The summed E-state index contributed by atoms with van der Waals surface area (Å²) < 4.78 is 28.6. The number of amides is 1. The molecule has 0 bridgehead atoms. The standard InChI is InChI=1S/C15H18N2O4S/c1-21-11-4-5-13-10(7-11)8-14(17-13)15(18)16-9-12-3-2-6-22(12,19)20/h4-5,7-8,12,17H,2-3,6,9H2,1H3,(H,16,18). The Hall–Kier alpha value is -2.02. The van der Waals surface area contributed by atoms with Crippen LogP contribution in [0.4, 0.5) is 0 Å². The summed E-state index contributed by atoms with van der Waals surface area (Å²) in [6.07, 6.45) is 1.29. The van der Waals surface area contributed by atoms with Crippen LogP contribution in [0.15, 0.2) is 24.3 Å². The van der Waals surface area contributed by atoms with Crippen molar-refractivity contribution in [2.24, 2.45) is 0 Å². The number of carbonyl (C=O) groups is 1. The molecule has 22 heavy (non-hydrogen) atoms. The fourth-order valence-electron chi connectivity index (χ4n) is 2.75. The summed E-state index contributed by atoms with van der Waals surface area (Å²) in [5.74, 6) is 0.646. The van der Waals surface area contributed by atoms with Gasteiger partial charge in [0.2, 0.25) is 0 Å². The molecule has 6 nitrogen and oxygen atoms in total. The third kappa shape index (κ3) is 2.81. The van der Waals surface area contributed by atoms with E-state index in [1.54, 1.807) is 13.2 Å². The molecule has 2 N–H and O–H groups in total. The summed E-state index contributed by atoms with van der Waals surface area (Å²) in [6, 6.07) is 7.22. The van der Waals surface area contributed by atoms with E-state index in [1.165, 1.54) is 0 Å². The van der Waals surface area contributed by atoms with Crippen LogP contribution in [0.5, 0.6) is 5.75 Å². The van der Waals surface area contributed by atoms with E-state index in [0.717, 1.165) is 16.7 Å². The van der Waals surface area contributed by atoms with Gasteiger partial charge in [-0.25, -0.2) is 8.42 Å². The first-order valence-corrected chi connectivity index (χ1v) is 8.88. The van der Waals surface area contributed by atoms with Gasteiger partial charge in [-0.3, -0.25) is 4.79 Å². The molecule has 118 valence electrons. The number of benzene rings is 1. The maximum Gasteiger partial charge on any atom is 0.267 e. The van der Waals surface area contributed by atoms with E-state index < -0.39 is 15.1 Å². The highest BCUT2D eigenvalue weighted by Gasteiger charge is 2.31. The highest BCUT2D eigenvalue weighted by atomic mass is 32.2. The molecule has 1 aromatic carbocycles. The zero-order valence-electron chi connectivity index (χ0n) is 12.3. The molecule has 1 aliphatic heterocycles. The molecule has 0 aliphatic carbocycles. The van der Waals surface area contributed by atoms with Crippen LogP contribution in [-0.2, 0) is 9.84 Å². The van der Waals surface area contributed by atoms with Crippen LogP contribution in [0.2, 0.25) is 0 Å². The van der Waals surface area contributed by atoms with Crippen molar-refractivity contribution >= 4 is 26.6 Å². The molecule has 2 aromatic rings. The number of aromatic amines is 1. The van der Waals surface area contributed by atoms with Gasteiger partial charge < -0.3 is 15.0 Å². The number of hydrogen-bond acceptors (Lipinski definition) is 4. The first kappa shape index (κ1) is 14.9. The minimum absolute atomic E-state index is 0.167. The van der Waals surface area contributed by atoms with E-state index in [1.807, 2.05) is 18.2 Å². The van der Waals surface area contributed by atoms with Crippen molar-refractivity contribution in [3.05, 3.63) is 30.0 Å². The van der Waals surface area contributed by atoms with Crippen molar-refractivity contribution in [3.63, 3.8) is 0 Å². The molecule has 1 aliphatic rings. The average Bonchev–Trinajstić information content (AvgIpc) is 3.06. The number of aromatic nitrogens is 1. The predicted molar refractivity (Wildman–Crippen MR) is 84.0 cm³/mol. The summed E-state index contributed by atoms with van der Waals surface area (Å²) in [5, 5.41) is 3.12. The van der Waals surface area contributed by atoms with Gasteiger partial charge in [0.15, 0.2) is 9.84 Å². The molecule has 7 heteroatoms. The van der Waals surface area contributed by atoms with Crippen LogP contribution >= 0.6 is 0 Å². The summed E-state index contributed by atoms with van der Waals surface area (Å²) >= 11 is 0. The Morgan fingerprint density at radius 2 is 2.23 bits per heavy atom. The number of fused-ring (bicyclic) bond motifs is 1. The van der Waals surface area contributed by atoms with Crippen molar-refractivity contribution in [2.45, 2.75) is 18.1 Å². The van der Waals surface area contributed by atoms with E-state index in [9.17, 15) is 13.2 Å². The Morgan fingerprint density at radius 1 is 1.41 bits per heavy atom. The second-order valence-electron chi connectivity index (χ2n) is 5.48. The Bertz CT molecular complexity index is 810. The zero-order chi connectivity index (χ0) is 15.7. The van der Waals surface area contributed by atoms with E-state index >= 15 is 0 Å². The zero-order valence-corrected chi connectivity index (χ0v) is 13.1. The van der Waals surface area contributed by atoms with Gasteiger partial charge in [-0.2, -0.15) is 0 Å². The summed E-state index contributed by atoms with van der Waals surface area (Å²) in [6.45, 7) is 0.167. The Labute approximate surface area is 128 Å². The molecule has 1 fully saturated rings. The third-order valence-electron chi connectivity index (χ3n) is 4.03. The number of H-pyrrole nitrogens is 1. The van der Waals surface area contributed by atoms with Crippen molar-refractivity contribution in [2.75, 3.05) is 19.4 Å². The molecular formula is C15H18N2O4S. The molecule has 1 atom stereocenters. The molecule has 0 saturated carbocycles. The SMILES string of the molecule is COc1ccc2[nH]c(C(=O)NCC3CCCS3(=O)=O)cc2c1. The Balaban J connectivity index is 1.72. The lowest BCUT2D eigenvalue weighted by Crippen LogP contribution is -2.34. The van der Waals surface area contributed by atoms with E-state index in [-0.39, 0.29) is 18.2 Å². The molecule has 1 amide bonds. The van der Waals surface area contributed by atoms with Crippen molar-refractivity contribution in [3.8, 4) is 5.75 Å². The summed E-state index contributed by atoms with van der Waals surface area (Å²) in [4.78, 5) is 15.2. The van der Waals surface area contributed by atoms with Gasteiger partial charge in [-0.1, -0.05) is 0 Å². The number of rotatable bonds is 4. The molecule has 0 radical (unpaired) electrons. The largest absolute Gasteiger partial charge is 0.497 e. The monoisotopic (exact) mass is 322 g/mol. The number of hydrogen-bond donors (Lipinski definition) is 2. The fourth-order valence-corrected chi connectivity index (χ4v) is 4.51. The first-order valence-electron chi connectivity index (χ1n) is 7.16. The average molecular weight is 322 g/mol. The maximum atomic E-state index is 12.2. The highest BCUT2D eigenvalue weighted by molar-refractivity contribution is 7.92. The van der Waals surface area contributed by atoms with Crippen LogP contribution in [0.1, 0.15) is 23.3 Å². The lowest BCUT2D eigenvalue weighted by molar-refractivity contribution is 0.0949. The van der Waals surface area contributed by atoms with E-state index in [2.05, 4.69) is 10.3 Å². The minimum Gasteiger partial charge on any atom is -0.497 e. The third-order valence-corrected chi connectivity index (χ3v) is 6.30. The van der Waals surface area contributed by atoms with E-state index in [4.69, 9.17) is 4.74 Å². The van der Waals surface area contributed by atoms with Crippen LogP contribution in [0.3, 0.4) is 0 Å². The van der Waals surface area contributed by atoms with Gasteiger partial charge in [0.05, 0.1) is 18.1 Å². The van der Waals surface area contributed by atoms with Gasteiger partial charge in [0.1, 0.15) is 11.4 Å². The Morgan fingerprint density at radius 3 is 2.91 bits per heavy atom. The molecule has 1 saturated heterocycles. The van der Waals surface area contributed by atoms with Crippen molar-refractivity contribution in [1.29, 1.82) is 0 Å². The molecule has 1 aromatic heterocycles. The molecule has 2 heterocycles. The van der Waals surface area contributed by atoms with Gasteiger partial charge in [0.25, 0.3) is 5.91 Å². The Kier molecular flexibility index (Phi) is 3.82. The fraction of sp³-hybridized carbons (Fsp3) is 0.400. The normalized spacial score (nSPS) is 20.1. The number of nitrogens with one attached hydrogen (secondary N) is 2. The smallest absolute Gasteiger partial charge is 0.267 e. The molecular weight excluding hydrogens is 304 g/mol. The summed E-state index contributed by atoms with van der Waals surface area (Å²) in [5.41, 5.74) is 1.25. The van der Waals surface area contributed by atoms with Crippen molar-refractivity contribution in [1.82, 2.24) is 10.3 Å². The summed E-state index contributed by atoms with van der Waals surface area (Å²) in [7, 11) is -1.45. The quantitative estimate of drug-likeness (QED) is 0.892. The number of sulfone groups is 1. The second-order valence-corrected chi connectivity index (χ2v) is 7.88. The van der Waals surface area contributed by atoms with Crippen molar-refractivity contribution < 1.29 is 17.9 Å². The van der Waals surface area contributed by atoms with Gasteiger partial charge >= 0.3 is 0 Å². The second kappa shape index (κ2) is 5.64. The van der Waals surface area contributed by atoms with Crippen LogP contribution in [-0.4, -0.2) is 44.0 Å². The molecule has 0 spiro atoms. The number of carbonyl (C=O) groups excluding carboxylic acids is 1. The van der Waals surface area contributed by atoms with E-state index in [0.29, 0.717) is 18.5 Å².